The van der Waals surface area contributed by atoms with Gasteiger partial charge in [0.25, 0.3) is 0 Å². The van der Waals surface area contributed by atoms with E-state index in [9.17, 15) is 0 Å². The molecule has 1 aliphatic carbocycles. The van der Waals surface area contributed by atoms with E-state index < -0.39 is 0 Å². The molecule has 0 atom stereocenters. The van der Waals surface area contributed by atoms with E-state index in [-0.39, 0.29) is 0 Å². The van der Waals surface area contributed by atoms with Gasteiger partial charge in [0.1, 0.15) is 17.5 Å². The number of nitrogens with zero attached hydrogens (tertiary/aromatic N) is 3. The summed E-state index contributed by atoms with van der Waals surface area (Å²) < 4.78 is 0. The fourth-order valence-electron chi connectivity index (χ4n) is 1.62. The van der Waals surface area contributed by atoms with E-state index in [0.717, 1.165) is 23.0 Å². The third kappa shape index (κ3) is 1.87. The molecular weight excluding hydrogens is 190 g/mol. The maximum Gasteiger partial charge on any atom is 0.148 e. The third-order valence-electron chi connectivity index (χ3n) is 2.64. The Balaban J connectivity index is 2.47. The SMILES string of the molecule is Cc1c(NN)nc(C2CC2)nc1N(C)C. The zero-order chi connectivity index (χ0) is 11.0. The first-order chi connectivity index (χ1) is 7.13. The van der Waals surface area contributed by atoms with Crippen molar-refractivity contribution in [3.63, 3.8) is 0 Å². The number of hydrogen-bond donors (Lipinski definition) is 2. The molecule has 5 heteroatoms. The molecule has 2 rings (SSSR count). The van der Waals surface area contributed by atoms with Crippen LogP contribution in [-0.4, -0.2) is 24.1 Å². The summed E-state index contributed by atoms with van der Waals surface area (Å²) in [6, 6.07) is 0. The van der Waals surface area contributed by atoms with Crippen molar-refractivity contribution in [1.29, 1.82) is 0 Å². The summed E-state index contributed by atoms with van der Waals surface area (Å²) in [6.07, 6.45) is 2.39. The monoisotopic (exact) mass is 207 g/mol. The summed E-state index contributed by atoms with van der Waals surface area (Å²) >= 11 is 0. The fraction of sp³-hybridized carbons (Fsp3) is 0.600. The Bertz CT molecular complexity index is 370. The molecule has 3 N–H and O–H groups in total. The Morgan fingerprint density at radius 1 is 1.33 bits per heavy atom. The molecule has 15 heavy (non-hydrogen) atoms. The number of anilines is 2. The molecule has 1 fully saturated rings. The lowest BCUT2D eigenvalue weighted by Crippen LogP contribution is -2.18. The van der Waals surface area contributed by atoms with Crippen molar-refractivity contribution < 1.29 is 0 Å². The predicted octanol–water partition coefficient (Wildman–Crippen LogP) is 1.01. The van der Waals surface area contributed by atoms with E-state index >= 15 is 0 Å². The van der Waals surface area contributed by atoms with Crippen LogP contribution in [0.1, 0.15) is 30.1 Å². The molecular formula is C10H17N5. The zero-order valence-electron chi connectivity index (χ0n) is 9.41. The summed E-state index contributed by atoms with van der Waals surface area (Å²) in [7, 11) is 3.96. The van der Waals surface area contributed by atoms with Crippen LogP contribution < -0.4 is 16.2 Å². The highest BCUT2D eigenvalue weighted by Crippen LogP contribution is 2.39. The van der Waals surface area contributed by atoms with Crippen molar-refractivity contribution in [2.75, 3.05) is 24.4 Å². The lowest BCUT2D eigenvalue weighted by atomic mass is 10.2. The first-order valence-corrected chi connectivity index (χ1v) is 5.16. The predicted molar refractivity (Wildman–Crippen MR) is 60.9 cm³/mol. The van der Waals surface area contributed by atoms with E-state index in [0.29, 0.717) is 5.92 Å². The molecule has 82 valence electrons. The van der Waals surface area contributed by atoms with Gasteiger partial charge in [-0.3, -0.25) is 0 Å². The van der Waals surface area contributed by atoms with E-state index in [4.69, 9.17) is 5.84 Å². The average molecular weight is 207 g/mol. The summed E-state index contributed by atoms with van der Waals surface area (Å²) in [5.41, 5.74) is 3.63. The van der Waals surface area contributed by atoms with Gasteiger partial charge in [-0.2, -0.15) is 0 Å². The molecule has 0 saturated heterocycles. The van der Waals surface area contributed by atoms with Crippen LogP contribution in [0.2, 0.25) is 0 Å². The lowest BCUT2D eigenvalue weighted by molar-refractivity contribution is 0.894. The van der Waals surface area contributed by atoms with Gasteiger partial charge in [-0.05, 0) is 19.8 Å². The van der Waals surface area contributed by atoms with Gasteiger partial charge in [-0.15, -0.1) is 0 Å². The highest BCUT2D eigenvalue weighted by Gasteiger charge is 2.28. The second kappa shape index (κ2) is 3.66. The maximum atomic E-state index is 5.45. The van der Waals surface area contributed by atoms with Crippen LogP contribution >= 0.6 is 0 Å². The molecule has 1 aromatic heterocycles. The van der Waals surface area contributed by atoms with Crippen LogP contribution in [0.25, 0.3) is 0 Å². The van der Waals surface area contributed by atoms with E-state index in [1.165, 1.54) is 12.8 Å². The Hall–Kier alpha value is -1.36. The van der Waals surface area contributed by atoms with Crippen molar-refractivity contribution in [3.8, 4) is 0 Å². The van der Waals surface area contributed by atoms with Crippen molar-refractivity contribution in [2.24, 2.45) is 5.84 Å². The normalized spacial score (nSPS) is 15.2. The molecule has 1 saturated carbocycles. The lowest BCUT2D eigenvalue weighted by Gasteiger charge is -2.17. The molecule has 0 spiro atoms. The molecule has 0 unspecified atom stereocenters. The quantitative estimate of drug-likeness (QED) is 0.572. The van der Waals surface area contributed by atoms with Crippen LogP contribution in [-0.2, 0) is 0 Å². The maximum absolute atomic E-state index is 5.45. The summed E-state index contributed by atoms with van der Waals surface area (Å²) in [4.78, 5) is 11.0. The molecule has 0 radical (unpaired) electrons. The minimum Gasteiger partial charge on any atom is -0.362 e. The number of nitrogen functional groups attached to an aromatic ring is 1. The molecule has 0 aliphatic heterocycles. The summed E-state index contributed by atoms with van der Waals surface area (Å²) in [5.74, 6) is 8.58. The van der Waals surface area contributed by atoms with Crippen LogP contribution in [0, 0.1) is 6.92 Å². The van der Waals surface area contributed by atoms with E-state index in [2.05, 4.69) is 15.4 Å². The topological polar surface area (TPSA) is 67.1 Å². The molecule has 0 bridgehead atoms. The summed E-state index contributed by atoms with van der Waals surface area (Å²) in [6.45, 7) is 1.97. The molecule has 0 amide bonds. The van der Waals surface area contributed by atoms with Gasteiger partial charge in [0.05, 0.1) is 0 Å². The second-order valence-electron chi connectivity index (χ2n) is 4.19. The van der Waals surface area contributed by atoms with Gasteiger partial charge < -0.3 is 10.3 Å². The Morgan fingerprint density at radius 2 is 2.00 bits per heavy atom. The number of nitrogens with one attached hydrogen (secondary N) is 1. The van der Waals surface area contributed by atoms with Gasteiger partial charge in [-0.1, -0.05) is 0 Å². The number of rotatable bonds is 3. The van der Waals surface area contributed by atoms with E-state index in [1.807, 2.05) is 25.9 Å². The van der Waals surface area contributed by atoms with Crippen LogP contribution in [0.4, 0.5) is 11.6 Å². The number of aromatic nitrogens is 2. The van der Waals surface area contributed by atoms with Crippen molar-refractivity contribution in [2.45, 2.75) is 25.7 Å². The Labute approximate surface area is 89.7 Å². The zero-order valence-corrected chi connectivity index (χ0v) is 9.41. The van der Waals surface area contributed by atoms with Gasteiger partial charge in [-0.25, -0.2) is 15.8 Å². The highest BCUT2D eigenvalue weighted by atomic mass is 15.3. The largest absolute Gasteiger partial charge is 0.362 e. The first-order valence-electron chi connectivity index (χ1n) is 5.16. The minimum absolute atomic E-state index is 0.538. The van der Waals surface area contributed by atoms with Crippen molar-refractivity contribution in [3.05, 3.63) is 11.4 Å². The smallest absolute Gasteiger partial charge is 0.148 e. The molecule has 0 aromatic carbocycles. The van der Waals surface area contributed by atoms with Crippen LogP contribution in [0.15, 0.2) is 0 Å². The molecule has 1 aromatic rings. The Kier molecular flexibility index (Phi) is 2.48. The van der Waals surface area contributed by atoms with Crippen LogP contribution in [0.5, 0.6) is 0 Å². The van der Waals surface area contributed by atoms with Gasteiger partial charge in [0.2, 0.25) is 0 Å². The van der Waals surface area contributed by atoms with Crippen LogP contribution in [0.3, 0.4) is 0 Å². The molecule has 1 aliphatic rings. The highest BCUT2D eigenvalue weighted by molar-refractivity contribution is 5.57. The van der Waals surface area contributed by atoms with Crippen molar-refractivity contribution >= 4 is 11.6 Å². The third-order valence-corrected chi connectivity index (χ3v) is 2.64. The summed E-state index contributed by atoms with van der Waals surface area (Å²) in [5, 5.41) is 0. The fourth-order valence-corrected chi connectivity index (χ4v) is 1.62. The van der Waals surface area contributed by atoms with Gasteiger partial charge >= 0.3 is 0 Å². The number of hydrazine groups is 1. The first kappa shape index (κ1) is 10.2. The van der Waals surface area contributed by atoms with E-state index in [1.54, 1.807) is 0 Å². The number of nitrogens with two attached hydrogens (primary N) is 1. The minimum atomic E-state index is 0.538. The second-order valence-corrected chi connectivity index (χ2v) is 4.19. The van der Waals surface area contributed by atoms with Gasteiger partial charge in [0, 0.05) is 25.6 Å². The number of hydrogen-bond acceptors (Lipinski definition) is 5. The molecule has 1 heterocycles. The van der Waals surface area contributed by atoms with Crippen molar-refractivity contribution in [1.82, 2.24) is 9.97 Å². The molecule has 5 nitrogen and oxygen atoms in total. The standard InChI is InChI=1S/C10H17N5/c1-6-8(14-11)12-9(7-4-5-7)13-10(6)15(2)3/h7H,4-5,11H2,1-3H3,(H,12,13,14). The Morgan fingerprint density at radius 3 is 2.47 bits per heavy atom. The van der Waals surface area contributed by atoms with Gasteiger partial charge in [0.15, 0.2) is 0 Å². The average Bonchev–Trinajstić information content (AvgIpc) is 3.01.